The fourth-order valence-electron chi connectivity index (χ4n) is 2.05. The Balaban J connectivity index is 1.99. The third kappa shape index (κ3) is 4.56. The minimum Gasteiger partial charge on any atom is -0.497 e. The highest BCUT2D eigenvalue weighted by molar-refractivity contribution is 7.18. The Kier molecular flexibility index (Phi) is 5.76. The summed E-state index contributed by atoms with van der Waals surface area (Å²) >= 11 is 1.23. The standard InChI is InChI=1S/C17H19NO4S/c1-4-22-17(20)16-11(2)9-15(23-16)18-14(19)10-12-5-7-13(21-3)8-6-12/h5-9H,4,10H2,1-3H3,(H,18,19). The summed E-state index contributed by atoms with van der Waals surface area (Å²) in [5, 5.41) is 3.46. The lowest BCUT2D eigenvalue weighted by Gasteiger charge is -2.04. The molecule has 0 aliphatic heterocycles. The van der Waals surface area contributed by atoms with Crippen molar-refractivity contribution in [2.75, 3.05) is 19.0 Å². The normalized spacial score (nSPS) is 10.2. The third-order valence-electron chi connectivity index (χ3n) is 3.16. The zero-order valence-corrected chi connectivity index (χ0v) is 14.2. The van der Waals surface area contributed by atoms with Crippen molar-refractivity contribution in [1.82, 2.24) is 0 Å². The van der Waals surface area contributed by atoms with Crippen molar-refractivity contribution in [2.24, 2.45) is 0 Å². The van der Waals surface area contributed by atoms with Gasteiger partial charge in [0.25, 0.3) is 0 Å². The zero-order chi connectivity index (χ0) is 16.8. The van der Waals surface area contributed by atoms with Crippen molar-refractivity contribution < 1.29 is 19.1 Å². The molecule has 0 aliphatic carbocycles. The number of ether oxygens (including phenoxy) is 2. The van der Waals surface area contributed by atoms with Gasteiger partial charge in [0.2, 0.25) is 5.91 Å². The van der Waals surface area contributed by atoms with E-state index in [4.69, 9.17) is 9.47 Å². The number of hydrogen-bond acceptors (Lipinski definition) is 5. The Morgan fingerprint density at radius 1 is 1.22 bits per heavy atom. The van der Waals surface area contributed by atoms with Crippen LogP contribution in [0.2, 0.25) is 0 Å². The fourth-order valence-corrected chi connectivity index (χ4v) is 3.04. The van der Waals surface area contributed by atoms with Crippen molar-refractivity contribution in [1.29, 1.82) is 0 Å². The molecule has 0 unspecified atom stereocenters. The first-order valence-electron chi connectivity index (χ1n) is 7.23. The van der Waals surface area contributed by atoms with Crippen LogP contribution >= 0.6 is 11.3 Å². The van der Waals surface area contributed by atoms with E-state index in [0.29, 0.717) is 16.5 Å². The molecular weight excluding hydrogens is 314 g/mol. The van der Waals surface area contributed by atoms with E-state index in [2.05, 4.69) is 5.32 Å². The summed E-state index contributed by atoms with van der Waals surface area (Å²) in [6.45, 7) is 3.91. The molecule has 0 spiro atoms. The van der Waals surface area contributed by atoms with Crippen LogP contribution in [0.3, 0.4) is 0 Å². The quantitative estimate of drug-likeness (QED) is 0.823. The molecule has 1 N–H and O–H groups in total. The molecule has 6 heteroatoms. The van der Waals surface area contributed by atoms with Crippen molar-refractivity contribution >= 4 is 28.2 Å². The summed E-state index contributed by atoms with van der Waals surface area (Å²) in [6, 6.07) is 9.11. The van der Waals surface area contributed by atoms with E-state index in [1.807, 2.05) is 31.2 Å². The molecule has 0 bridgehead atoms. The Morgan fingerprint density at radius 2 is 1.91 bits per heavy atom. The topological polar surface area (TPSA) is 64.6 Å². The number of amides is 1. The van der Waals surface area contributed by atoms with E-state index >= 15 is 0 Å². The minimum absolute atomic E-state index is 0.133. The maximum Gasteiger partial charge on any atom is 0.348 e. The second kappa shape index (κ2) is 7.78. The van der Waals surface area contributed by atoms with Crippen molar-refractivity contribution in [3.05, 3.63) is 46.3 Å². The summed E-state index contributed by atoms with van der Waals surface area (Å²) in [4.78, 5) is 24.4. The number of aryl methyl sites for hydroxylation is 1. The van der Waals surface area contributed by atoms with Crippen molar-refractivity contribution in [2.45, 2.75) is 20.3 Å². The second-order valence-electron chi connectivity index (χ2n) is 4.92. The molecule has 2 rings (SSSR count). The number of hydrogen-bond donors (Lipinski definition) is 1. The molecule has 2 aromatic rings. The van der Waals surface area contributed by atoms with Crippen LogP contribution in [-0.2, 0) is 16.0 Å². The number of nitrogens with one attached hydrogen (secondary N) is 1. The number of carbonyl (C=O) groups excluding carboxylic acids is 2. The first kappa shape index (κ1) is 17.0. The highest BCUT2D eigenvalue weighted by Gasteiger charge is 2.16. The van der Waals surface area contributed by atoms with Crippen LogP contribution in [-0.4, -0.2) is 25.6 Å². The van der Waals surface area contributed by atoms with Gasteiger partial charge in [0.1, 0.15) is 10.6 Å². The summed E-state index contributed by atoms with van der Waals surface area (Å²) in [5.74, 6) is 0.264. The molecule has 1 aromatic carbocycles. The van der Waals surface area contributed by atoms with Crippen molar-refractivity contribution in [3.63, 3.8) is 0 Å². The molecule has 122 valence electrons. The van der Waals surface area contributed by atoms with E-state index in [1.54, 1.807) is 20.1 Å². The molecule has 1 heterocycles. The Hall–Kier alpha value is -2.34. The van der Waals surface area contributed by atoms with E-state index < -0.39 is 0 Å². The van der Waals surface area contributed by atoms with Gasteiger partial charge in [-0.3, -0.25) is 4.79 Å². The number of rotatable bonds is 6. The third-order valence-corrected chi connectivity index (χ3v) is 4.30. The van der Waals surface area contributed by atoms with Gasteiger partial charge >= 0.3 is 5.97 Å². The molecule has 5 nitrogen and oxygen atoms in total. The maximum absolute atomic E-state index is 12.1. The molecule has 0 fully saturated rings. The highest BCUT2D eigenvalue weighted by atomic mass is 32.1. The Labute approximate surface area is 139 Å². The highest BCUT2D eigenvalue weighted by Crippen LogP contribution is 2.27. The molecule has 1 aromatic heterocycles. The molecule has 0 atom stereocenters. The van der Waals surface area contributed by atoms with Gasteiger partial charge in [-0.2, -0.15) is 0 Å². The molecule has 0 saturated heterocycles. The van der Waals surface area contributed by atoms with E-state index in [0.717, 1.165) is 16.9 Å². The van der Waals surface area contributed by atoms with Gasteiger partial charge in [0, 0.05) is 0 Å². The van der Waals surface area contributed by atoms with Crippen molar-refractivity contribution in [3.8, 4) is 5.75 Å². The van der Waals surface area contributed by atoms with E-state index in [-0.39, 0.29) is 18.3 Å². The molecule has 1 amide bonds. The average molecular weight is 333 g/mol. The lowest BCUT2D eigenvalue weighted by Crippen LogP contribution is -2.13. The molecule has 0 aliphatic rings. The second-order valence-corrected chi connectivity index (χ2v) is 5.97. The molecule has 23 heavy (non-hydrogen) atoms. The molecule has 0 radical (unpaired) electrons. The lowest BCUT2D eigenvalue weighted by molar-refractivity contribution is -0.115. The van der Waals surface area contributed by atoms with Gasteiger partial charge in [0.15, 0.2) is 0 Å². The van der Waals surface area contributed by atoms with E-state index in [1.165, 1.54) is 11.3 Å². The van der Waals surface area contributed by atoms with Crippen LogP contribution in [0, 0.1) is 6.92 Å². The van der Waals surface area contributed by atoms with Gasteiger partial charge in [-0.25, -0.2) is 4.79 Å². The number of esters is 1. The fraction of sp³-hybridized carbons (Fsp3) is 0.294. The predicted molar refractivity (Wildman–Crippen MR) is 90.3 cm³/mol. The average Bonchev–Trinajstić information content (AvgIpc) is 2.88. The number of benzene rings is 1. The van der Waals surface area contributed by atoms with Crippen LogP contribution in [0.15, 0.2) is 30.3 Å². The number of methoxy groups -OCH3 is 1. The van der Waals surface area contributed by atoms with Gasteiger partial charge in [0.05, 0.1) is 25.1 Å². The van der Waals surface area contributed by atoms with Crippen LogP contribution in [0.4, 0.5) is 5.00 Å². The first-order valence-corrected chi connectivity index (χ1v) is 8.05. The van der Waals surface area contributed by atoms with Crippen LogP contribution in [0.1, 0.15) is 27.7 Å². The Morgan fingerprint density at radius 3 is 2.52 bits per heavy atom. The van der Waals surface area contributed by atoms with Gasteiger partial charge < -0.3 is 14.8 Å². The SMILES string of the molecule is CCOC(=O)c1sc(NC(=O)Cc2ccc(OC)cc2)cc1C. The summed E-state index contributed by atoms with van der Waals surface area (Å²) in [7, 11) is 1.60. The summed E-state index contributed by atoms with van der Waals surface area (Å²) in [5.41, 5.74) is 1.69. The largest absolute Gasteiger partial charge is 0.497 e. The predicted octanol–water partition coefficient (Wildman–Crippen LogP) is 3.42. The van der Waals surface area contributed by atoms with Gasteiger partial charge in [-0.1, -0.05) is 12.1 Å². The zero-order valence-electron chi connectivity index (χ0n) is 13.3. The van der Waals surface area contributed by atoms with Crippen LogP contribution in [0.25, 0.3) is 0 Å². The van der Waals surface area contributed by atoms with Gasteiger partial charge in [-0.15, -0.1) is 11.3 Å². The van der Waals surface area contributed by atoms with Crippen LogP contribution < -0.4 is 10.1 Å². The monoisotopic (exact) mass is 333 g/mol. The summed E-state index contributed by atoms with van der Waals surface area (Å²) in [6.07, 6.45) is 0.260. The molecule has 0 saturated carbocycles. The number of anilines is 1. The van der Waals surface area contributed by atoms with Crippen LogP contribution in [0.5, 0.6) is 5.75 Å². The number of thiophene rings is 1. The van der Waals surface area contributed by atoms with E-state index in [9.17, 15) is 9.59 Å². The first-order chi connectivity index (χ1) is 11.0. The minimum atomic E-state index is -0.356. The Bertz CT molecular complexity index is 691. The smallest absolute Gasteiger partial charge is 0.348 e. The van der Waals surface area contributed by atoms with Gasteiger partial charge in [-0.05, 0) is 43.2 Å². The lowest BCUT2D eigenvalue weighted by atomic mass is 10.1. The maximum atomic E-state index is 12.1. The molecular formula is C17H19NO4S. The summed E-state index contributed by atoms with van der Waals surface area (Å²) < 4.78 is 10.1. The number of carbonyl (C=O) groups is 2.